The van der Waals surface area contributed by atoms with Crippen molar-refractivity contribution < 1.29 is 0 Å². The van der Waals surface area contributed by atoms with Crippen LogP contribution in [0, 0.1) is 11.3 Å². The number of rotatable bonds is 7. The van der Waals surface area contributed by atoms with Gasteiger partial charge in [0.05, 0.1) is 12.2 Å². The Morgan fingerprint density at radius 2 is 2.29 bits per heavy atom. The highest BCUT2D eigenvalue weighted by molar-refractivity contribution is 5.51. The molecule has 5 heteroatoms. The summed E-state index contributed by atoms with van der Waals surface area (Å²) < 4.78 is 1.49. The third-order valence-corrected chi connectivity index (χ3v) is 2.52. The molecule has 0 bridgehead atoms. The van der Waals surface area contributed by atoms with Crippen molar-refractivity contribution in [2.24, 2.45) is 5.11 Å². The normalized spacial score (nSPS) is 9.88. The molecule has 0 unspecified atom stereocenters. The number of allylic oxidation sites excluding steroid dienone is 1. The molecule has 1 radical (unpaired) electrons. The van der Waals surface area contributed by atoms with Crippen molar-refractivity contribution in [1.82, 2.24) is 15.3 Å². The first kappa shape index (κ1) is 13.1. The smallest absolute Gasteiger partial charge is 0.193 e. The van der Waals surface area contributed by atoms with E-state index in [0.717, 1.165) is 25.7 Å². The van der Waals surface area contributed by atoms with Gasteiger partial charge in [-0.25, -0.2) is 4.68 Å². The molecule has 0 amide bonds. The average molecular weight is 230 g/mol. The predicted octanol–water partition coefficient (Wildman–Crippen LogP) is 2.56. The van der Waals surface area contributed by atoms with Crippen LogP contribution in [-0.2, 0) is 13.0 Å². The highest BCUT2D eigenvalue weighted by Crippen LogP contribution is 2.23. The maximum absolute atomic E-state index is 9.07. The van der Waals surface area contributed by atoms with Crippen LogP contribution in [0.1, 0.15) is 37.4 Å². The zero-order valence-corrected chi connectivity index (χ0v) is 10.1. The van der Waals surface area contributed by atoms with Crippen molar-refractivity contribution in [2.75, 3.05) is 0 Å². The SMILES string of the molecule is C=CCn1nc(CCCCC)c(C#N)c1N=[N]. The van der Waals surface area contributed by atoms with Crippen LogP contribution in [0.5, 0.6) is 0 Å². The largest absolute Gasteiger partial charge is 0.241 e. The van der Waals surface area contributed by atoms with Crippen molar-refractivity contribution in [1.29, 1.82) is 5.26 Å². The Morgan fingerprint density at radius 1 is 1.53 bits per heavy atom. The van der Waals surface area contributed by atoms with E-state index >= 15 is 0 Å². The summed E-state index contributed by atoms with van der Waals surface area (Å²) in [5.41, 5.74) is 9.99. The van der Waals surface area contributed by atoms with E-state index in [2.05, 4.69) is 23.7 Å². The Morgan fingerprint density at radius 3 is 2.82 bits per heavy atom. The highest BCUT2D eigenvalue weighted by Gasteiger charge is 2.16. The van der Waals surface area contributed by atoms with E-state index in [0.29, 0.717) is 17.8 Å². The minimum absolute atomic E-state index is 0.221. The molecule has 5 nitrogen and oxygen atoms in total. The van der Waals surface area contributed by atoms with Gasteiger partial charge in [-0.15, -0.1) is 11.7 Å². The van der Waals surface area contributed by atoms with Crippen molar-refractivity contribution in [3.8, 4) is 6.07 Å². The Labute approximate surface area is 101 Å². The average Bonchev–Trinajstić information content (AvgIpc) is 2.67. The standard InChI is InChI=1S/C12H16N5/c1-3-5-6-7-11-10(9-13)12(15-14)17(16-11)8-4-2/h4H,2-3,5-8H2,1H3. The van der Waals surface area contributed by atoms with Gasteiger partial charge in [-0.1, -0.05) is 25.8 Å². The lowest BCUT2D eigenvalue weighted by molar-refractivity contribution is 0.659. The zero-order chi connectivity index (χ0) is 12.7. The van der Waals surface area contributed by atoms with Crippen molar-refractivity contribution in [3.05, 3.63) is 23.9 Å². The van der Waals surface area contributed by atoms with E-state index in [4.69, 9.17) is 10.8 Å². The maximum atomic E-state index is 9.07. The van der Waals surface area contributed by atoms with Crippen LogP contribution in [0.4, 0.5) is 5.82 Å². The summed E-state index contributed by atoms with van der Waals surface area (Å²) in [4.78, 5) is 0. The Bertz CT molecular complexity index is 438. The lowest BCUT2D eigenvalue weighted by Gasteiger charge is -1.96. The summed E-state index contributed by atoms with van der Waals surface area (Å²) in [5.74, 6) is 0.221. The molecule has 0 atom stereocenters. The summed E-state index contributed by atoms with van der Waals surface area (Å²) in [6, 6.07) is 2.05. The molecule has 0 saturated heterocycles. The molecule has 0 aliphatic heterocycles. The number of nitriles is 1. The first-order chi connectivity index (χ1) is 8.28. The second-order valence-corrected chi connectivity index (χ2v) is 3.78. The van der Waals surface area contributed by atoms with E-state index in [1.807, 2.05) is 6.07 Å². The molecule has 0 spiro atoms. The van der Waals surface area contributed by atoms with Crippen LogP contribution in [0.2, 0.25) is 0 Å². The molecule has 0 aromatic carbocycles. The van der Waals surface area contributed by atoms with Gasteiger partial charge in [0.25, 0.3) is 0 Å². The summed E-state index contributed by atoms with van der Waals surface area (Å²) in [6.45, 7) is 6.16. The summed E-state index contributed by atoms with van der Waals surface area (Å²) in [7, 11) is 0. The van der Waals surface area contributed by atoms with E-state index in [9.17, 15) is 0 Å². The van der Waals surface area contributed by atoms with E-state index in [-0.39, 0.29) is 5.82 Å². The van der Waals surface area contributed by atoms with Gasteiger partial charge in [0.1, 0.15) is 11.6 Å². The molecular weight excluding hydrogens is 214 g/mol. The van der Waals surface area contributed by atoms with Crippen LogP contribution >= 0.6 is 0 Å². The van der Waals surface area contributed by atoms with Gasteiger partial charge in [0.15, 0.2) is 5.82 Å². The molecule has 0 N–H and O–H groups in total. The molecule has 0 saturated carbocycles. The summed E-state index contributed by atoms with van der Waals surface area (Å²) in [6.07, 6.45) is 5.60. The van der Waals surface area contributed by atoms with Gasteiger partial charge in [0, 0.05) is 0 Å². The van der Waals surface area contributed by atoms with Crippen LogP contribution < -0.4 is 5.53 Å². The number of hydrogen-bond acceptors (Lipinski definition) is 3. The molecular formula is C12H16N5. The monoisotopic (exact) mass is 230 g/mol. The van der Waals surface area contributed by atoms with Gasteiger partial charge in [-0.3, -0.25) is 0 Å². The summed E-state index contributed by atoms with van der Waals surface area (Å²) in [5, 5.41) is 16.5. The lowest BCUT2D eigenvalue weighted by atomic mass is 10.1. The fourth-order valence-corrected chi connectivity index (χ4v) is 1.68. The van der Waals surface area contributed by atoms with Crippen molar-refractivity contribution in [2.45, 2.75) is 39.2 Å². The molecule has 0 aliphatic rings. The number of nitrogens with zero attached hydrogens (tertiary/aromatic N) is 5. The molecule has 1 aromatic heterocycles. The third-order valence-electron chi connectivity index (χ3n) is 2.52. The quantitative estimate of drug-likeness (QED) is 0.410. The van der Waals surface area contributed by atoms with Gasteiger partial charge in [-0.2, -0.15) is 10.4 Å². The van der Waals surface area contributed by atoms with Gasteiger partial charge in [-0.05, 0) is 18.4 Å². The second-order valence-electron chi connectivity index (χ2n) is 3.78. The Kier molecular flexibility index (Phi) is 5.08. The fourth-order valence-electron chi connectivity index (χ4n) is 1.68. The topological polar surface area (TPSA) is 76.3 Å². The van der Waals surface area contributed by atoms with Crippen LogP contribution in [-0.4, -0.2) is 9.78 Å². The van der Waals surface area contributed by atoms with Crippen LogP contribution in [0.15, 0.2) is 17.8 Å². The van der Waals surface area contributed by atoms with E-state index in [1.54, 1.807) is 6.08 Å². The molecule has 17 heavy (non-hydrogen) atoms. The van der Waals surface area contributed by atoms with Crippen molar-refractivity contribution >= 4 is 5.82 Å². The minimum Gasteiger partial charge on any atom is -0.241 e. The molecule has 1 aromatic rings. The zero-order valence-electron chi connectivity index (χ0n) is 10.1. The molecule has 1 rings (SSSR count). The molecule has 0 aliphatic carbocycles. The summed E-state index contributed by atoms with van der Waals surface area (Å²) >= 11 is 0. The number of aryl methyl sites for hydroxylation is 1. The van der Waals surface area contributed by atoms with Crippen LogP contribution in [0.25, 0.3) is 0 Å². The maximum Gasteiger partial charge on any atom is 0.193 e. The number of aromatic nitrogens is 2. The molecule has 0 fully saturated rings. The second kappa shape index (κ2) is 6.59. The molecule has 89 valence electrons. The number of hydrogen-bond donors (Lipinski definition) is 0. The Hall–Kier alpha value is -1.96. The predicted molar refractivity (Wildman–Crippen MR) is 64.6 cm³/mol. The number of unbranched alkanes of at least 4 members (excludes halogenated alkanes) is 2. The minimum atomic E-state index is 0.221. The van der Waals surface area contributed by atoms with Gasteiger partial charge in [0.2, 0.25) is 0 Å². The van der Waals surface area contributed by atoms with E-state index < -0.39 is 0 Å². The van der Waals surface area contributed by atoms with Crippen LogP contribution in [0.3, 0.4) is 0 Å². The Balaban J connectivity index is 3.00. The van der Waals surface area contributed by atoms with Gasteiger partial charge < -0.3 is 0 Å². The highest BCUT2D eigenvalue weighted by atomic mass is 15.3. The van der Waals surface area contributed by atoms with Crippen molar-refractivity contribution in [3.63, 3.8) is 0 Å². The first-order valence-electron chi connectivity index (χ1n) is 5.74. The fraction of sp³-hybridized carbons (Fsp3) is 0.500. The molecule has 1 heterocycles. The lowest BCUT2D eigenvalue weighted by Crippen LogP contribution is -1.98. The first-order valence-corrected chi connectivity index (χ1v) is 5.74. The third kappa shape index (κ3) is 3.00. The van der Waals surface area contributed by atoms with E-state index in [1.165, 1.54) is 4.68 Å². The van der Waals surface area contributed by atoms with Gasteiger partial charge >= 0.3 is 0 Å².